The van der Waals surface area contributed by atoms with Gasteiger partial charge in [0.05, 0.1) is 5.69 Å². The van der Waals surface area contributed by atoms with Gasteiger partial charge in [0.1, 0.15) is 0 Å². The zero-order valence-corrected chi connectivity index (χ0v) is 7.80. The predicted molar refractivity (Wildman–Crippen MR) is 52.9 cm³/mol. The molecule has 0 radical (unpaired) electrons. The van der Waals surface area contributed by atoms with Crippen LogP contribution in [0.3, 0.4) is 0 Å². The molecule has 1 nitrogen and oxygen atoms in total. The van der Waals surface area contributed by atoms with Crippen molar-refractivity contribution in [3.63, 3.8) is 0 Å². The Labute approximate surface area is 74.2 Å². The van der Waals surface area contributed by atoms with Crippen LogP contribution in [0.25, 0.3) is 5.57 Å². The van der Waals surface area contributed by atoms with Crippen molar-refractivity contribution in [3.8, 4) is 0 Å². The quantitative estimate of drug-likeness (QED) is 0.664. The molecule has 0 spiro atoms. The van der Waals surface area contributed by atoms with Gasteiger partial charge in [-0.05, 0) is 30.5 Å². The first-order valence-corrected chi connectivity index (χ1v) is 4.35. The van der Waals surface area contributed by atoms with Gasteiger partial charge in [-0.15, -0.1) is 0 Å². The van der Waals surface area contributed by atoms with Gasteiger partial charge in [0, 0.05) is 6.20 Å². The molecular weight excluding hydrogens is 146 g/mol. The molecule has 0 aliphatic rings. The van der Waals surface area contributed by atoms with Crippen molar-refractivity contribution in [1.29, 1.82) is 0 Å². The largest absolute Gasteiger partial charge is 0.256 e. The summed E-state index contributed by atoms with van der Waals surface area (Å²) in [7, 11) is 0. The lowest BCUT2D eigenvalue weighted by atomic mass is 10.1. The Balaban J connectivity index is 2.78. The van der Waals surface area contributed by atoms with E-state index in [1.54, 1.807) is 0 Å². The maximum atomic E-state index is 4.30. The highest BCUT2D eigenvalue weighted by atomic mass is 14.7. The Morgan fingerprint density at radius 3 is 2.67 bits per heavy atom. The van der Waals surface area contributed by atoms with Gasteiger partial charge >= 0.3 is 0 Å². The molecule has 0 saturated heterocycles. The van der Waals surface area contributed by atoms with Crippen LogP contribution < -0.4 is 0 Å². The minimum absolute atomic E-state index is 0.995. The molecule has 12 heavy (non-hydrogen) atoms. The molecular formula is C11H15N. The molecule has 0 unspecified atom stereocenters. The van der Waals surface area contributed by atoms with Crippen LogP contribution in [0, 0.1) is 0 Å². The summed E-state index contributed by atoms with van der Waals surface area (Å²) in [5, 5.41) is 0. The molecule has 0 amide bonds. The first-order chi connectivity index (χ1) is 5.74. The van der Waals surface area contributed by atoms with Gasteiger partial charge in [-0.25, -0.2) is 0 Å². The number of allylic oxidation sites excluding steroid dienone is 1. The van der Waals surface area contributed by atoms with E-state index in [9.17, 15) is 0 Å². The lowest BCUT2D eigenvalue weighted by molar-refractivity contribution is 0.912. The van der Waals surface area contributed by atoms with Crippen LogP contribution in [0.5, 0.6) is 0 Å². The maximum absolute atomic E-state index is 4.30. The van der Waals surface area contributed by atoms with Crippen LogP contribution in [-0.2, 0) is 6.42 Å². The van der Waals surface area contributed by atoms with Crippen LogP contribution in [0.1, 0.15) is 31.5 Å². The van der Waals surface area contributed by atoms with Crippen molar-refractivity contribution in [2.45, 2.75) is 26.7 Å². The van der Waals surface area contributed by atoms with Crippen molar-refractivity contribution in [2.24, 2.45) is 0 Å². The Morgan fingerprint density at radius 1 is 1.50 bits per heavy atom. The Hall–Kier alpha value is -1.11. The summed E-state index contributed by atoms with van der Waals surface area (Å²) in [4.78, 5) is 4.30. The van der Waals surface area contributed by atoms with Crippen LogP contribution in [0.15, 0.2) is 24.9 Å². The van der Waals surface area contributed by atoms with E-state index in [1.807, 2.05) is 19.2 Å². The Bertz CT molecular complexity index is 259. The summed E-state index contributed by atoms with van der Waals surface area (Å²) in [5.74, 6) is 0. The first-order valence-electron chi connectivity index (χ1n) is 4.35. The molecule has 1 aromatic rings. The fourth-order valence-electron chi connectivity index (χ4n) is 1.11. The van der Waals surface area contributed by atoms with E-state index in [-0.39, 0.29) is 0 Å². The zero-order valence-electron chi connectivity index (χ0n) is 7.80. The monoisotopic (exact) mass is 161 g/mol. The number of hydrogen-bond acceptors (Lipinski definition) is 1. The number of aromatic nitrogens is 1. The smallest absolute Gasteiger partial charge is 0.0653 e. The average Bonchev–Trinajstić information content (AvgIpc) is 2.06. The Kier molecular flexibility index (Phi) is 3.03. The third kappa shape index (κ3) is 2.19. The number of aryl methyl sites for hydroxylation is 1. The number of pyridine rings is 1. The van der Waals surface area contributed by atoms with E-state index in [4.69, 9.17) is 0 Å². The molecule has 0 saturated carbocycles. The van der Waals surface area contributed by atoms with E-state index in [0.717, 1.165) is 17.7 Å². The second kappa shape index (κ2) is 4.05. The number of hydrogen-bond donors (Lipinski definition) is 0. The van der Waals surface area contributed by atoms with Crippen LogP contribution in [0.4, 0.5) is 0 Å². The molecule has 64 valence electrons. The second-order valence-electron chi connectivity index (χ2n) is 3.08. The van der Waals surface area contributed by atoms with Gasteiger partial charge in [0.2, 0.25) is 0 Å². The summed E-state index contributed by atoms with van der Waals surface area (Å²) in [6.07, 6.45) is 4.23. The molecule has 0 bridgehead atoms. The van der Waals surface area contributed by atoms with Crippen molar-refractivity contribution in [3.05, 3.63) is 36.2 Å². The van der Waals surface area contributed by atoms with Gasteiger partial charge in [0.15, 0.2) is 0 Å². The lowest BCUT2D eigenvalue weighted by Gasteiger charge is -2.00. The van der Waals surface area contributed by atoms with Crippen molar-refractivity contribution < 1.29 is 0 Å². The minimum Gasteiger partial charge on any atom is -0.256 e. The van der Waals surface area contributed by atoms with Gasteiger partial charge < -0.3 is 0 Å². The van der Waals surface area contributed by atoms with Gasteiger partial charge in [-0.3, -0.25) is 4.98 Å². The normalized spacial score (nSPS) is 9.83. The zero-order chi connectivity index (χ0) is 8.97. The summed E-state index contributed by atoms with van der Waals surface area (Å²) in [5.41, 5.74) is 3.33. The molecule has 1 aromatic heterocycles. The van der Waals surface area contributed by atoms with E-state index in [2.05, 4.69) is 24.6 Å². The molecule has 1 heterocycles. The standard InChI is InChI=1S/C11H15N/c1-4-5-10-6-7-11(9(2)3)12-8-10/h6-8H,2,4-5H2,1,3H3. The highest BCUT2D eigenvalue weighted by Gasteiger charge is 1.94. The van der Waals surface area contributed by atoms with E-state index in [1.165, 1.54) is 12.0 Å². The van der Waals surface area contributed by atoms with Crippen LogP contribution >= 0.6 is 0 Å². The van der Waals surface area contributed by atoms with Crippen LogP contribution in [0.2, 0.25) is 0 Å². The predicted octanol–water partition coefficient (Wildman–Crippen LogP) is 3.07. The third-order valence-electron chi connectivity index (χ3n) is 1.80. The summed E-state index contributed by atoms with van der Waals surface area (Å²) >= 11 is 0. The maximum Gasteiger partial charge on any atom is 0.0653 e. The van der Waals surface area contributed by atoms with Crippen molar-refractivity contribution in [2.75, 3.05) is 0 Å². The van der Waals surface area contributed by atoms with E-state index >= 15 is 0 Å². The second-order valence-corrected chi connectivity index (χ2v) is 3.08. The van der Waals surface area contributed by atoms with Crippen molar-refractivity contribution in [1.82, 2.24) is 4.98 Å². The molecule has 1 heteroatoms. The summed E-state index contributed by atoms with van der Waals surface area (Å²) in [6, 6.07) is 4.16. The molecule has 0 atom stereocenters. The minimum atomic E-state index is 0.995. The molecule has 0 aliphatic heterocycles. The number of nitrogens with zero attached hydrogens (tertiary/aromatic N) is 1. The molecule has 0 aliphatic carbocycles. The van der Waals surface area contributed by atoms with Gasteiger partial charge in [-0.2, -0.15) is 0 Å². The molecule has 0 fully saturated rings. The SMILES string of the molecule is C=C(C)c1ccc(CCC)cn1. The fourth-order valence-corrected chi connectivity index (χ4v) is 1.11. The van der Waals surface area contributed by atoms with Gasteiger partial charge in [0.25, 0.3) is 0 Å². The third-order valence-corrected chi connectivity index (χ3v) is 1.80. The summed E-state index contributed by atoms with van der Waals surface area (Å²) in [6.45, 7) is 7.99. The molecule has 1 rings (SSSR count). The fraction of sp³-hybridized carbons (Fsp3) is 0.364. The topological polar surface area (TPSA) is 12.9 Å². The molecule has 0 aromatic carbocycles. The first kappa shape index (κ1) is 8.98. The average molecular weight is 161 g/mol. The van der Waals surface area contributed by atoms with E-state index < -0.39 is 0 Å². The highest BCUT2D eigenvalue weighted by molar-refractivity contribution is 5.57. The Morgan fingerprint density at radius 2 is 2.25 bits per heavy atom. The lowest BCUT2D eigenvalue weighted by Crippen LogP contribution is -1.88. The van der Waals surface area contributed by atoms with Gasteiger partial charge in [-0.1, -0.05) is 26.0 Å². The molecule has 0 N–H and O–H groups in total. The summed E-state index contributed by atoms with van der Waals surface area (Å²) < 4.78 is 0. The van der Waals surface area contributed by atoms with Crippen molar-refractivity contribution >= 4 is 5.57 Å². The number of rotatable bonds is 3. The van der Waals surface area contributed by atoms with Crippen LogP contribution in [-0.4, -0.2) is 4.98 Å². The van der Waals surface area contributed by atoms with E-state index in [0.29, 0.717) is 0 Å². The highest BCUT2D eigenvalue weighted by Crippen LogP contribution is 2.09.